The third-order valence-electron chi connectivity index (χ3n) is 2.14. The minimum absolute atomic E-state index is 0.0643. The molecule has 0 radical (unpaired) electrons. The molecule has 2 rings (SSSR count). The van der Waals surface area contributed by atoms with Gasteiger partial charge in [-0.3, -0.25) is 0 Å². The summed E-state index contributed by atoms with van der Waals surface area (Å²) in [4.78, 5) is 14.9. The Kier molecular flexibility index (Phi) is 3.01. The fourth-order valence-electron chi connectivity index (χ4n) is 1.45. The van der Waals surface area contributed by atoms with Gasteiger partial charge in [-0.15, -0.1) is 0 Å². The molecular weight excluding hydrogens is 270 g/mol. The van der Waals surface area contributed by atoms with Crippen molar-refractivity contribution in [2.75, 3.05) is 0 Å². The van der Waals surface area contributed by atoms with Crippen LogP contribution in [-0.4, -0.2) is 16.1 Å². The first kappa shape index (κ1) is 10.8. The van der Waals surface area contributed by atoms with Gasteiger partial charge in [0, 0.05) is 16.2 Å². The molecule has 3 nitrogen and oxygen atoms in total. The van der Waals surface area contributed by atoms with E-state index in [-0.39, 0.29) is 5.69 Å². The lowest BCUT2D eigenvalue weighted by Crippen LogP contribution is -2.02. The van der Waals surface area contributed by atoms with Crippen molar-refractivity contribution in [2.24, 2.45) is 0 Å². The number of rotatable bonds is 2. The Morgan fingerprint density at radius 2 is 1.94 bits per heavy atom. The van der Waals surface area contributed by atoms with Crippen LogP contribution in [0.25, 0.3) is 11.1 Å². The highest BCUT2D eigenvalue weighted by molar-refractivity contribution is 9.10. The zero-order valence-corrected chi connectivity index (χ0v) is 9.81. The summed E-state index contributed by atoms with van der Waals surface area (Å²) in [5, 5.41) is 9.04. The van der Waals surface area contributed by atoms with Crippen molar-refractivity contribution in [3.05, 3.63) is 52.8 Å². The van der Waals surface area contributed by atoms with Crippen LogP contribution in [0, 0.1) is 0 Å². The van der Waals surface area contributed by atoms with Crippen LogP contribution < -0.4 is 0 Å². The Hall–Kier alpha value is -1.68. The summed E-state index contributed by atoms with van der Waals surface area (Å²) in [6, 6.07) is 11.1. The van der Waals surface area contributed by atoms with E-state index in [1.54, 1.807) is 6.07 Å². The van der Waals surface area contributed by atoms with E-state index in [1.807, 2.05) is 30.3 Å². The molecule has 0 spiro atoms. The van der Waals surface area contributed by atoms with E-state index >= 15 is 0 Å². The van der Waals surface area contributed by atoms with E-state index in [0.29, 0.717) is 5.56 Å². The number of carboxylic acid groups (broad SMARTS) is 1. The van der Waals surface area contributed by atoms with Crippen LogP contribution in [0.2, 0.25) is 0 Å². The summed E-state index contributed by atoms with van der Waals surface area (Å²) in [5.41, 5.74) is 1.52. The van der Waals surface area contributed by atoms with Crippen LogP contribution in [0.5, 0.6) is 0 Å². The molecule has 0 fully saturated rings. The van der Waals surface area contributed by atoms with Crippen molar-refractivity contribution in [3.63, 3.8) is 0 Å². The standard InChI is InChI=1S/C12H8BrNO2/c13-9-6-10(8-4-2-1-3-5-8)11(12(15)16)14-7-9/h1-7H,(H,15,16). The van der Waals surface area contributed by atoms with Gasteiger partial charge in [0.15, 0.2) is 5.69 Å². The summed E-state index contributed by atoms with van der Waals surface area (Å²) in [6.45, 7) is 0. The largest absolute Gasteiger partial charge is 0.476 e. The van der Waals surface area contributed by atoms with E-state index in [4.69, 9.17) is 5.11 Å². The zero-order chi connectivity index (χ0) is 11.5. The monoisotopic (exact) mass is 277 g/mol. The first-order valence-corrected chi connectivity index (χ1v) is 5.42. The predicted octanol–water partition coefficient (Wildman–Crippen LogP) is 3.21. The van der Waals surface area contributed by atoms with Gasteiger partial charge < -0.3 is 5.11 Å². The molecule has 0 saturated carbocycles. The zero-order valence-electron chi connectivity index (χ0n) is 8.22. The van der Waals surface area contributed by atoms with Crippen LogP contribution in [0.1, 0.15) is 10.5 Å². The second-order valence-electron chi connectivity index (χ2n) is 3.22. The second kappa shape index (κ2) is 4.45. The summed E-state index contributed by atoms with van der Waals surface area (Å²) in [6.07, 6.45) is 1.48. The third-order valence-corrected chi connectivity index (χ3v) is 2.58. The van der Waals surface area contributed by atoms with Crippen molar-refractivity contribution in [1.29, 1.82) is 0 Å². The molecule has 0 aliphatic heterocycles. The highest BCUT2D eigenvalue weighted by Crippen LogP contribution is 2.25. The van der Waals surface area contributed by atoms with Crippen molar-refractivity contribution in [3.8, 4) is 11.1 Å². The topological polar surface area (TPSA) is 50.2 Å². The summed E-state index contributed by atoms with van der Waals surface area (Å²) >= 11 is 3.29. The molecule has 0 saturated heterocycles. The maximum Gasteiger partial charge on any atom is 0.355 e. The molecule has 1 N–H and O–H groups in total. The first-order valence-electron chi connectivity index (χ1n) is 4.63. The Morgan fingerprint density at radius 1 is 1.25 bits per heavy atom. The van der Waals surface area contributed by atoms with E-state index in [9.17, 15) is 4.79 Å². The molecule has 0 atom stereocenters. The molecule has 2 aromatic rings. The molecule has 0 aliphatic rings. The molecule has 4 heteroatoms. The number of nitrogens with zero attached hydrogens (tertiary/aromatic N) is 1. The van der Waals surface area contributed by atoms with Crippen LogP contribution >= 0.6 is 15.9 Å². The Bertz CT molecular complexity index is 526. The number of pyridine rings is 1. The molecule has 1 heterocycles. The van der Waals surface area contributed by atoms with Crippen molar-refractivity contribution in [1.82, 2.24) is 4.98 Å². The van der Waals surface area contributed by atoms with E-state index in [2.05, 4.69) is 20.9 Å². The van der Waals surface area contributed by atoms with Gasteiger partial charge in [-0.25, -0.2) is 9.78 Å². The number of aromatic nitrogens is 1. The predicted molar refractivity (Wildman–Crippen MR) is 64.3 cm³/mol. The van der Waals surface area contributed by atoms with Gasteiger partial charge in [0.05, 0.1) is 0 Å². The van der Waals surface area contributed by atoms with E-state index < -0.39 is 5.97 Å². The lowest BCUT2D eigenvalue weighted by Gasteiger charge is -2.05. The van der Waals surface area contributed by atoms with E-state index in [0.717, 1.165) is 10.0 Å². The maximum absolute atomic E-state index is 11.0. The van der Waals surface area contributed by atoms with Crippen LogP contribution in [0.4, 0.5) is 0 Å². The molecule has 16 heavy (non-hydrogen) atoms. The lowest BCUT2D eigenvalue weighted by molar-refractivity contribution is 0.0691. The van der Waals surface area contributed by atoms with E-state index in [1.165, 1.54) is 6.20 Å². The first-order chi connectivity index (χ1) is 7.68. The minimum Gasteiger partial charge on any atom is -0.476 e. The molecule has 0 aliphatic carbocycles. The van der Waals surface area contributed by atoms with Gasteiger partial charge in [0.25, 0.3) is 0 Å². The average molecular weight is 278 g/mol. The van der Waals surface area contributed by atoms with Crippen LogP contribution in [0.3, 0.4) is 0 Å². The number of aromatic carboxylic acids is 1. The van der Waals surface area contributed by atoms with Gasteiger partial charge in [-0.05, 0) is 27.6 Å². The normalized spacial score (nSPS) is 10.1. The molecule has 0 bridgehead atoms. The number of halogens is 1. The quantitative estimate of drug-likeness (QED) is 0.917. The highest BCUT2D eigenvalue weighted by Gasteiger charge is 2.13. The lowest BCUT2D eigenvalue weighted by atomic mass is 10.0. The number of carboxylic acids is 1. The van der Waals surface area contributed by atoms with Crippen molar-refractivity contribution < 1.29 is 9.90 Å². The number of hydrogen-bond acceptors (Lipinski definition) is 2. The highest BCUT2D eigenvalue weighted by atomic mass is 79.9. The molecule has 80 valence electrons. The van der Waals surface area contributed by atoms with Gasteiger partial charge in [-0.2, -0.15) is 0 Å². The molecule has 1 aromatic heterocycles. The second-order valence-corrected chi connectivity index (χ2v) is 4.14. The maximum atomic E-state index is 11.0. The van der Waals surface area contributed by atoms with Crippen LogP contribution in [-0.2, 0) is 0 Å². The summed E-state index contributed by atoms with van der Waals surface area (Å²) in [5.74, 6) is -1.02. The minimum atomic E-state index is -1.02. The third kappa shape index (κ3) is 2.12. The summed E-state index contributed by atoms with van der Waals surface area (Å²) < 4.78 is 0.761. The van der Waals surface area contributed by atoms with Gasteiger partial charge in [0.1, 0.15) is 0 Å². The Balaban J connectivity index is 2.63. The Morgan fingerprint density at radius 3 is 2.56 bits per heavy atom. The average Bonchev–Trinajstić information content (AvgIpc) is 2.29. The van der Waals surface area contributed by atoms with Crippen molar-refractivity contribution in [2.45, 2.75) is 0 Å². The Labute approximate surface area is 101 Å². The van der Waals surface area contributed by atoms with Gasteiger partial charge in [0.2, 0.25) is 0 Å². The van der Waals surface area contributed by atoms with Crippen molar-refractivity contribution >= 4 is 21.9 Å². The molecule has 0 amide bonds. The fourth-order valence-corrected chi connectivity index (χ4v) is 1.78. The number of carbonyl (C=O) groups is 1. The van der Waals surface area contributed by atoms with Crippen LogP contribution in [0.15, 0.2) is 47.1 Å². The van der Waals surface area contributed by atoms with Gasteiger partial charge >= 0.3 is 5.97 Å². The smallest absolute Gasteiger partial charge is 0.355 e. The van der Waals surface area contributed by atoms with Gasteiger partial charge in [-0.1, -0.05) is 30.3 Å². The molecular formula is C12H8BrNO2. The molecule has 1 aromatic carbocycles. The number of benzene rings is 1. The SMILES string of the molecule is O=C(O)c1ncc(Br)cc1-c1ccccc1. The number of hydrogen-bond donors (Lipinski definition) is 1. The molecule has 0 unspecified atom stereocenters. The fraction of sp³-hybridized carbons (Fsp3) is 0. The summed E-state index contributed by atoms with van der Waals surface area (Å²) in [7, 11) is 0.